The highest BCUT2D eigenvalue weighted by molar-refractivity contribution is 6.30. The van der Waals surface area contributed by atoms with Crippen molar-refractivity contribution in [1.29, 1.82) is 0 Å². The zero-order valence-corrected chi connectivity index (χ0v) is 17.5. The average molecular weight is 425 g/mol. The van der Waals surface area contributed by atoms with E-state index in [9.17, 15) is 4.79 Å². The van der Waals surface area contributed by atoms with E-state index in [0.29, 0.717) is 30.5 Å². The molecule has 2 aromatic heterocycles. The molecule has 7 nitrogen and oxygen atoms in total. The molecule has 0 unspecified atom stereocenters. The minimum absolute atomic E-state index is 0.00208. The Morgan fingerprint density at radius 1 is 1.17 bits per heavy atom. The smallest absolute Gasteiger partial charge is 0.239 e. The summed E-state index contributed by atoms with van der Waals surface area (Å²) in [5.41, 5.74) is 9.46. The van der Waals surface area contributed by atoms with E-state index in [4.69, 9.17) is 17.3 Å². The van der Waals surface area contributed by atoms with Crippen LogP contribution in [0.4, 0.5) is 5.82 Å². The molecule has 1 aromatic carbocycles. The highest BCUT2D eigenvalue weighted by Crippen LogP contribution is 2.44. The Morgan fingerprint density at radius 2 is 1.90 bits per heavy atom. The maximum Gasteiger partial charge on any atom is 0.239 e. The van der Waals surface area contributed by atoms with Gasteiger partial charge in [0.15, 0.2) is 0 Å². The van der Waals surface area contributed by atoms with Crippen molar-refractivity contribution in [2.75, 3.05) is 31.1 Å². The zero-order valence-electron chi connectivity index (χ0n) is 16.7. The van der Waals surface area contributed by atoms with Crippen molar-refractivity contribution in [2.24, 2.45) is 5.73 Å². The number of piperazine rings is 1. The second-order valence-electron chi connectivity index (χ2n) is 8.19. The monoisotopic (exact) mass is 424 g/mol. The van der Waals surface area contributed by atoms with Gasteiger partial charge in [0.05, 0.1) is 11.4 Å². The van der Waals surface area contributed by atoms with E-state index in [2.05, 4.69) is 26.0 Å². The van der Waals surface area contributed by atoms with E-state index in [1.807, 2.05) is 29.2 Å². The number of hydrogen-bond acceptors (Lipinski definition) is 5. The van der Waals surface area contributed by atoms with Crippen molar-refractivity contribution in [3.05, 3.63) is 52.9 Å². The van der Waals surface area contributed by atoms with Gasteiger partial charge in [0.1, 0.15) is 17.8 Å². The summed E-state index contributed by atoms with van der Waals surface area (Å²) in [6.45, 7) is 2.76. The van der Waals surface area contributed by atoms with Crippen molar-refractivity contribution in [3.8, 4) is 0 Å². The van der Waals surface area contributed by atoms with E-state index in [0.717, 1.165) is 35.5 Å². The van der Waals surface area contributed by atoms with Gasteiger partial charge in [-0.05, 0) is 48.4 Å². The van der Waals surface area contributed by atoms with Gasteiger partial charge in [-0.15, -0.1) is 0 Å². The number of hydrogen-bond donors (Lipinski definition) is 2. The predicted molar refractivity (Wildman–Crippen MR) is 118 cm³/mol. The van der Waals surface area contributed by atoms with Crippen LogP contribution in [0.5, 0.6) is 0 Å². The van der Waals surface area contributed by atoms with Gasteiger partial charge in [-0.1, -0.05) is 23.7 Å². The van der Waals surface area contributed by atoms with Crippen LogP contribution < -0.4 is 10.6 Å². The zero-order chi connectivity index (χ0) is 20.7. The van der Waals surface area contributed by atoms with Gasteiger partial charge in [-0.25, -0.2) is 9.97 Å². The third-order valence-corrected chi connectivity index (χ3v) is 6.33. The summed E-state index contributed by atoms with van der Waals surface area (Å²) >= 11 is 5.93. The second-order valence-corrected chi connectivity index (χ2v) is 8.63. The Labute approximate surface area is 180 Å². The van der Waals surface area contributed by atoms with Gasteiger partial charge >= 0.3 is 0 Å². The van der Waals surface area contributed by atoms with Crippen LogP contribution in [0.15, 0.2) is 36.8 Å². The first-order valence-corrected chi connectivity index (χ1v) is 10.8. The summed E-state index contributed by atoms with van der Waals surface area (Å²) in [7, 11) is 0. The van der Waals surface area contributed by atoms with Crippen molar-refractivity contribution >= 4 is 34.4 Å². The molecule has 3 heterocycles. The molecule has 3 N–H and O–H groups in total. The van der Waals surface area contributed by atoms with Crippen LogP contribution in [0.3, 0.4) is 0 Å². The Morgan fingerprint density at radius 3 is 2.60 bits per heavy atom. The van der Waals surface area contributed by atoms with E-state index < -0.39 is 6.04 Å². The van der Waals surface area contributed by atoms with E-state index in [1.165, 1.54) is 18.4 Å². The Bertz CT molecular complexity index is 1050. The number of halogens is 1. The molecule has 1 amide bonds. The van der Waals surface area contributed by atoms with Crippen LogP contribution in [-0.2, 0) is 11.2 Å². The Kier molecular flexibility index (Phi) is 5.08. The van der Waals surface area contributed by atoms with Crippen LogP contribution in [0, 0.1) is 0 Å². The van der Waals surface area contributed by atoms with E-state index in [-0.39, 0.29) is 5.91 Å². The number of anilines is 1. The maximum absolute atomic E-state index is 12.9. The largest absolute Gasteiger partial charge is 0.352 e. The van der Waals surface area contributed by atoms with Gasteiger partial charge in [-0.2, -0.15) is 0 Å². The first kappa shape index (κ1) is 19.3. The van der Waals surface area contributed by atoms with Gasteiger partial charge in [0.25, 0.3) is 0 Å². The summed E-state index contributed by atoms with van der Waals surface area (Å²) in [5.74, 6) is 1.59. The van der Waals surface area contributed by atoms with Crippen LogP contribution in [0.1, 0.15) is 29.9 Å². The number of rotatable bonds is 5. The van der Waals surface area contributed by atoms with E-state index >= 15 is 0 Å². The number of carbonyl (C=O) groups excluding carboxylic acids is 1. The lowest BCUT2D eigenvalue weighted by Crippen LogP contribution is -2.53. The van der Waals surface area contributed by atoms with Crippen LogP contribution in [0.2, 0.25) is 5.02 Å². The molecule has 156 valence electrons. The van der Waals surface area contributed by atoms with Gasteiger partial charge in [-0.3, -0.25) is 4.79 Å². The molecule has 30 heavy (non-hydrogen) atoms. The highest BCUT2D eigenvalue weighted by atomic mass is 35.5. The number of carbonyl (C=O) groups is 1. The second kappa shape index (κ2) is 7.89. The number of amides is 1. The first-order valence-electron chi connectivity index (χ1n) is 10.5. The van der Waals surface area contributed by atoms with Crippen molar-refractivity contribution in [1.82, 2.24) is 19.9 Å². The van der Waals surface area contributed by atoms with E-state index in [1.54, 1.807) is 6.33 Å². The average Bonchev–Trinajstić information content (AvgIpc) is 3.53. The number of nitrogens with one attached hydrogen (secondary N) is 1. The lowest BCUT2D eigenvalue weighted by Gasteiger charge is -2.36. The number of aromatic nitrogens is 3. The minimum atomic E-state index is -0.547. The molecule has 0 spiro atoms. The number of fused-ring (bicyclic) bond motifs is 1. The number of nitrogens with zero attached hydrogens (tertiary/aromatic N) is 4. The highest BCUT2D eigenvalue weighted by Gasteiger charge is 2.31. The number of nitrogens with two attached hydrogens (primary N) is 1. The summed E-state index contributed by atoms with van der Waals surface area (Å²) < 4.78 is 0. The number of aromatic amines is 1. The normalized spacial score (nSPS) is 18.1. The Balaban J connectivity index is 1.25. The fraction of sp³-hybridized carbons (Fsp3) is 0.409. The maximum atomic E-state index is 12.9. The van der Waals surface area contributed by atoms with Crippen molar-refractivity contribution in [3.63, 3.8) is 0 Å². The Hall–Kier alpha value is -2.64. The molecule has 0 bridgehead atoms. The molecule has 1 saturated carbocycles. The van der Waals surface area contributed by atoms with Crippen LogP contribution >= 0.6 is 11.6 Å². The molecule has 5 rings (SSSR count). The van der Waals surface area contributed by atoms with Gasteiger partial charge in [0.2, 0.25) is 5.91 Å². The number of benzene rings is 1. The molecule has 8 heteroatoms. The number of H-pyrrole nitrogens is 1. The van der Waals surface area contributed by atoms with Crippen LogP contribution in [-0.4, -0.2) is 58.0 Å². The standard InChI is InChI=1S/C22H25ClN6O/c23-16-5-1-14(2-6-16)11-18(24)22(30)29-9-7-28(8-10-29)21-19-17(15-3-4-15)12-25-20(19)26-13-27-21/h1-2,5-6,12-13,15,18H,3-4,7-11,24H2,(H,25,26,27)/t18-/m1/s1. The molecule has 1 aliphatic carbocycles. The summed E-state index contributed by atoms with van der Waals surface area (Å²) in [6.07, 6.45) is 6.67. The third-order valence-electron chi connectivity index (χ3n) is 6.07. The molecular formula is C22H25ClN6O. The third kappa shape index (κ3) is 3.75. The molecule has 1 aliphatic heterocycles. The molecule has 1 saturated heterocycles. The quantitative estimate of drug-likeness (QED) is 0.657. The molecule has 0 radical (unpaired) electrons. The summed E-state index contributed by atoms with van der Waals surface area (Å²) in [4.78, 5) is 29.3. The summed E-state index contributed by atoms with van der Waals surface area (Å²) in [6, 6.07) is 6.94. The summed E-state index contributed by atoms with van der Waals surface area (Å²) in [5, 5.41) is 1.82. The molecule has 3 aromatic rings. The molecular weight excluding hydrogens is 400 g/mol. The lowest BCUT2D eigenvalue weighted by molar-refractivity contribution is -0.132. The fourth-order valence-electron chi connectivity index (χ4n) is 4.26. The first-order chi connectivity index (χ1) is 14.6. The van der Waals surface area contributed by atoms with Gasteiger partial charge < -0.3 is 20.5 Å². The fourth-order valence-corrected chi connectivity index (χ4v) is 4.39. The van der Waals surface area contributed by atoms with Crippen molar-refractivity contribution < 1.29 is 4.79 Å². The molecule has 1 atom stereocenters. The topological polar surface area (TPSA) is 91.1 Å². The molecule has 2 aliphatic rings. The predicted octanol–water partition coefficient (Wildman–Crippen LogP) is 2.71. The van der Waals surface area contributed by atoms with Gasteiger partial charge in [0, 0.05) is 37.4 Å². The minimum Gasteiger partial charge on any atom is -0.352 e. The SMILES string of the molecule is N[C@H](Cc1ccc(Cl)cc1)C(=O)N1CCN(c2ncnc3[nH]cc(C4CC4)c23)CC1. The van der Waals surface area contributed by atoms with Crippen LogP contribution in [0.25, 0.3) is 11.0 Å². The lowest BCUT2D eigenvalue weighted by atomic mass is 10.1. The van der Waals surface area contributed by atoms with Crippen molar-refractivity contribution in [2.45, 2.75) is 31.2 Å². The molecule has 2 fully saturated rings.